The molecule has 0 bridgehead atoms. The van der Waals surface area contributed by atoms with Crippen molar-refractivity contribution in [3.05, 3.63) is 0 Å². The van der Waals surface area contributed by atoms with Crippen molar-refractivity contribution in [3.8, 4) is 0 Å². The van der Waals surface area contributed by atoms with E-state index < -0.39 is 0 Å². The predicted octanol–water partition coefficient (Wildman–Crippen LogP) is -0.0721. The van der Waals surface area contributed by atoms with E-state index in [9.17, 15) is 4.79 Å². The monoisotopic (exact) mass is 281 g/mol. The molecule has 6 heteroatoms. The summed E-state index contributed by atoms with van der Waals surface area (Å²) in [4.78, 5) is 10.7. The minimum Gasteiger partial charge on any atom is -0.468 e. The van der Waals surface area contributed by atoms with Gasteiger partial charge in [-0.1, -0.05) is 15.9 Å². The molecule has 0 spiro atoms. The van der Waals surface area contributed by atoms with E-state index in [1.165, 1.54) is 7.11 Å². The van der Waals surface area contributed by atoms with Crippen LogP contribution < -0.4 is 5.32 Å². The maximum atomic E-state index is 11.0. The summed E-state index contributed by atoms with van der Waals surface area (Å²) in [7, 11) is 1.37. The van der Waals surface area contributed by atoms with E-state index in [1.54, 1.807) is 0 Å². The maximum Gasteiger partial charge on any atom is 0.320 e. The number of rotatable bonds is 5. The first-order valence-electron chi connectivity index (χ1n) is 4.86. The quantitative estimate of drug-likeness (QED) is 0.565. The minimum atomic E-state index is -0.313. The predicted molar refractivity (Wildman–Crippen MR) is 58.2 cm³/mol. The highest BCUT2D eigenvalue weighted by Crippen LogP contribution is 2.02. The molecule has 5 nitrogen and oxygen atoms in total. The van der Waals surface area contributed by atoms with E-state index in [0.717, 1.165) is 0 Å². The first-order chi connectivity index (χ1) is 7.24. The number of carbonyl (C=O) groups excluding carboxylic acids is 1. The number of alkyl halides is 1. The van der Waals surface area contributed by atoms with Gasteiger partial charge >= 0.3 is 5.97 Å². The Morgan fingerprint density at radius 1 is 1.67 bits per heavy atom. The SMILES string of the molecule is COC(=O)C(Br)CNCC1COCCO1. The average Bonchev–Trinajstić information content (AvgIpc) is 2.29. The van der Waals surface area contributed by atoms with Gasteiger partial charge in [-0.3, -0.25) is 4.79 Å². The number of halogens is 1. The molecule has 88 valence electrons. The molecule has 0 aliphatic carbocycles. The molecule has 1 N–H and O–H groups in total. The molecule has 0 aromatic heterocycles. The molecule has 1 aliphatic rings. The summed E-state index contributed by atoms with van der Waals surface area (Å²) in [6, 6.07) is 0. The number of nitrogens with one attached hydrogen (secondary N) is 1. The van der Waals surface area contributed by atoms with Gasteiger partial charge in [0.2, 0.25) is 0 Å². The molecular weight excluding hydrogens is 266 g/mol. The molecule has 0 aromatic rings. The van der Waals surface area contributed by atoms with Gasteiger partial charge in [0.25, 0.3) is 0 Å². The van der Waals surface area contributed by atoms with Gasteiger partial charge in [0, 0.05) is 13.1 Å². The van der Waals surface area contributed by atoms with Crippen LogP contribution in [0.1, 0.15) is 0 Å². The molecule has 1 aliphatic heterocycles. The fraction of sp³-hybridized carbons (Fsp3) is 0.889. The number of esters is 1. The van der Waals surface area contributed by atoms with E-state index in [1.807, 2.05) is 0 Å². The Bertz CT molecular complexity index is 197. The van der Waals surface area contributed by atoms with Crippen LogP contribution in [0.15, 0.2) is 0 Å². The molecule has 0 saturated carbocycles. The Morgan fingerprint density at radius 2 is 2.47 bits per heavy atom. The van der Waals surface area contributed by atoms with Crippen molar-refractivity contribution in [1.29, 1.82) is 0 Å². The third kappa shape index (κ3) is 4.92. The van der Waals surface area contributed by atoms with Crippen molar-refractivity contribution in [1.82, 2.24) is 5.32 Å². The standard InChI is InChI=1S/C9H16BrNO4/c1-13-9(12)8(10)5-11-4-7-6-14-2-3-15-7/h7-8,11H,2-6H2,1H3. The minimum absolute atomic E-state index is 0.0797. The largest absolute Gasteiger partial charge is 0.468 e. The molecule has 0 radical (unpaired) electrons. The lowest BCUT2D eigenvalue weighted by molar-refractivity contribution is -0.139. The number of carbonyl (C=O) groups is 1. The van der Waals surface area contributed by atoms with E-state index in [0.29, 0.717) is 32.9 Å². The topological polar surface area (TPSA) is 56.8 Å². The highest BCUT2D eigenvalue weighted by molar-refractivity contribution is 9.10. The fourth-order valence-corrected chi connectivity index (χ4v) is 1.65. The summed E-state index contributed by atoms with van der Waals surface area (Å²) in [6.07, 6.45) is 0.0797. The first kappa shape index (κ1) is 12.9. The fourth-order valence-electron chi connectivity index (χ4n) is 1.24. The van der Waals surface area contributed by atoms with Crippen LogP contribution in [0.4, 0.5) is 0 Å². The van der Waals surface area contributed by atoms with Gasteiger partial charge in [-0.05, 0) is 0 Å². The van der Waals surface area contributed by atoms with Crippen LogP contribution in [0.2, 0.25) is 0 Å². The van der Waals surface area contributed by atoms with Crippen LogP contribution in [0.25, 0.3) is 0 Å². The van der Waals surface area contributed by atoms with Crippen LogP contribution >= 0.6 is 15.9 Å². The molecule has 0 amide bonds. The highest BCUT2D eigenvalue weighted by Gasteiger charge is 2.17. The lowest BCUT2D eigenvalue weighted by Crippen LogP contribution is -2.40. The van der Waals surface area contributed by atoms with Gasteiger partial charge in [-0.15, -0.1) is 0 Å². The van der Waals surface area contributed by atoms with Gasteiger partial charge in [-0.2, -0.15) is 0 Å². The van der Waals surface area contributed by atoms with E-state index in [2.05, 4.69) is 26.0 Å². The molecule has 0 aromatic carbocycles. The second-order valence-corrected chi connectivity index (χ2v) is 4.32. The lowest BCUT2D eigenvalue weighted by atomic mass is 10.3. The zero-order valence-electron chi connectivity index (χ0n) is 8.70. The summed E-state index contributed by atoms with van der Waals surface area (Å²) >= 11 is 3.22. The van der Waals surface area contributed by atoms with Gasteiger partial charge in [0.1, 0.15) is 4.83 Å². The second kappa shape index (κ2) is 7.16. The Labute approximate surface area is 97.6 Å². The number of hydrogen-bond donors (Lipinski definition) is 1. The number of methoxy groups -OCH3 is 1. The van der Waals surface area contributed by atoms with Crippen molar-refractivity contribution in [2.24, 2.45) is 0 Å². The molecule has 1 heterocycles. The summed E-state index contributed by atoms with van der Waals surface area (Å²) < 4.78 is 15.2. The highest BCUT2D eigenvalue weighted by atomic mass is 79.9. The number of ether oxygens (including phenoxy) is 3. The molecule has 1 fully saturated rings. The second-order valence-electron chi connectivity index (χ2n) is 3.22. The third-order valence-corrected chi connectivity index (χ3v) is 2.74. The van der Waals surface area contributed by atoms with Crippen molar-refractivity contribution < 1.29 is 19.0 Å². The van der Waals surface area contributed by atoms with Crippen LogP contribution in [-0.4, -0.2) is 56.9 Å². The van der Waals surface area contributed by atoms with Crippen molar-refractivity contribution in [2.45, 2.75) is 10.9 Å². The molecule has 1 saturated heterocycles. The van der Waals surface area contributed by atoms with E-state index >= 15 is 0 Å². The van der Waals surface area contributed by atoms with Gasteiger partial charge < -0.3 is 19.5 Å². The summed E-state index contributed by atoms with van der Waals surface area (Å²) in [5, 5.41) is 3.12. The summed E-state index contributed by atoms with van der Waals surface area (Å²) in [6.45, 7) is 3.12. The van der Waals surface area contributed by atoms with Crippen LogP contribution in [0, 0.1) is 0 Å². The Morgan fingerprint density at radius 3 is 3.07 bits per heavy atom. The van der Waals surface area contributed by atoms with Gasteiger partial charge in [-0.25, -0.2) is 0 Å². The van der Waals surface area contributed by atoms with E-state index in [4.69, 9.17) is 9.47 Å². The van der Waals surface area contributed by atoms with Crippen LogP contribution in [0.5, 0.6) is 0 Å². The maximum absolute atomic E-state index is 11.0. The first-order valence-corrected chi connectivity index (χ1v) is 5.77. The normalized spacial score (nSPS) is 23.5. The van der Waals surface area contributed by atoms with Crippen molar-refractivity contribution in [3.63, 3.8) is 0 Å². The van der Waals surface area contributed by atoms with Crippen LogP contribution in [0.3, 0.4) is 0 Å². The smallest absolute Gasteiger partial charge is 0.320 e. The molecule has 1 rings (SSSR count). The molecule has 15 heavy (non-hydrogen) atoms. The Hall–Kier alpha value is -0.170. The third-order valence-electron chi connectivity index (χ3n) is 2.04. The van der Waals surface area contributed by atoms with Crippen LogP contribution in [-0.2, 0) is 19.0 Å². The molecular formula is C9H16BrNO4. The molecule has 2 atom stereocenters. The van der Waals surface area contributed by atoms with E-state index in [-0.39, 0.29) is 16.9 Å². The zero-order chi connectivity index (χ0) is 11.1. The lowest BCUT2D eigenvalue weighted by Gasteiger charge is -2.23. The van der Waals surface area contributed by atoms with Gasteiger partial charge in [0.15, 0.2) is 0 Å². The summed E-state index contributed by atoms with van der Waals surface area (Å²) in [5.41, 5.74) is 0. The average molecular weight is 282 g/mol. The van der Waals surface area contributed by atoms with Crippen molar-refractivity contribution in [2.75, 3.05) is 40.0 Å². The Balaban J connectivity index is 2.07. The van der Waals surface area contributed by atoms with Gasteiger partial charge in [0.05, 0.1) is 33.0 Å². The summed E-state index contributed by atoms with van der Waals surface area (Å²) in [5.74, 6) is -0.275. The molecule has 2 unspecified atom stereocenters. The Kier molecular flexibility index (Phi) is 6.16. The number of hydrogen-bond acceptors (Lipinski definition) is 5. The zero-order valence-corrected chi connectivity index (χ0v) is 10.3. The van der Waals surface area contributed by atoms with Crippen molar-refractivity contribution >= 4 is 21.9 Å².